The average molecular weight is 481 g/mol. The number of fused-ring (bicyclic) bond motifs is 2. The lowest BCUT2D eigenvalue weighted by molar-refractivity contribution is 0.0299. The zero-order valence-corrected chi connectivity index (χ0v) is 20.1. The third kappa shape index (κ3) is 3.95. The van der Waals surface area contributed by atoms with Gasteiger partial charge in [0.15, 0.2) is 5.65 Å². The first-order chi connectivity index (χ1) is 16.0. The third-order valence-electron chi connectivity index (χ3n) is 6.24. The van der Waals surface area contributed by atoms with Crippen molar-refractivity contribution >= 4 is 49.9 Å². The van der Waals surface area contributed by atoms with Crippen LogP contribution in [-0.2, 0) is 0 Å². The zero-order valence-electron chi connectivity index (χ0n) is 18.5. The topological polar surface area (TPSA) is 61.7 Å². The molecule has 8 heteroatoms. The van der Waals surface area contributed by atoms with E-state index in [-0.39, 0.29) is 6.04 Å². The molecule has 33 heavy (non-hydrogen) atoms. The highest BCUT2D eigenvalue weighted by molar-refractivity contribution is 7.11. The Hall–Kier alpha value is -2.71. The summed E-state index contributed by atoms with van der Waals surface area (Å²) in [6.45, 7) is 8.11. The van der Waals surface area contributed by atoms with Crippen molar-refractivity contribution in [2.45, 2.75) is 19.2 Å². The predicted octanol–water partition coefficient (Wildman–Crippen LogP) is 5.19. The van der Waals surface area contributed by atoms with Crippen LogP contribution in [0.4, 0.5) is 5.00 Å². The van der Waals surface area contributed by atoms with E-state index in [0.29, 0.717) is 16.4 Å². The standard InChI is InChI=1S/C25H25ClN4O2S/c1-4-22(31)29-9-10-30(15(2)14-29)25-20-13-21(26)23(27-24(20)28-33-25)19-12-17(32-3)11-16-7-5-6-8-18(16)19/h4-8,11-13,15,22,31H,1,9-10,14H2,2-3H3/t15-,22?/m1/s1. The van der Waals surface area contributed by atoms with E-state index in [1.54, 1.807) is 13.2 Å². The highest BCUT2D eigenvalue weighted by Gasteiger charge is 2.29. The Bertz CT molecular complexity index is 1340. The Morgan fingerprint density at radius 2 is 2.06 bits per heavy atom. The number of pyridine rings is 1. The van der Waals surface area contributed by atoms with E-state index in [4.69, 9.17) is 21.3 Å². The lowest BCUT2D eigenvalue weighted by Gasteiger charge is -2.41. The minimum absolute atomic E-state index is 0.206. The summed E-state index contributed by atoms with van der Waals surface area (Å²) in [7, 11) is 1.66. The quantitative estimate of drug-likeness (QED) is 0.397. The van der Waals surface area contributed by atoms with Crippen LogP contribution >= 0.6 is 23.1 Å². The van der Waals surface area contributed by atoms with Gasteiger partial charge in [0.1, 0.15) is 17.0 Å². The van der Waals surface area contributed by atoms with Gasteiger partial charge >= 0.3 is 0 Å². The maximum atomic E-state index is 10.1. The molecule has 1 fully saturated rings. The van der Waals surface area contributed by atoms with Crippen LogP contribution < -0.4 is 9.64 Å². The summed E-state index contributed by atoms with van der Waals surface area (Å²) in [6, 6.07) is 14.3. The average Bonchev–Trinajstić information content (AvgIpc) is 3.24. The van der Waals surface area contributed by atoms with Gasteiger partial charge in [0.25, 0.3) is 0 Å². The van der Waals surface area contributed by atoms with Gasteiger partial charge in [-0.1, -0.05) is 42.4 Å². The van der Waals surface area contributed by atoms with Crippen molar-refractivity contribution in [1.82, 2.24) is 14.3 Å². The molecule has 5 rings (SSSR count). The van der Waals surface area contributed by atoms with Crippen molar-refractivity contribution in [3.8, 4) is 17.0 Å². The van der Waals surface area contributed by atoms with E-state index in [9.17, 15) is 5.11 Å². The second-order valence-electron chi connectivity index (χ2n) is 8.26. The summed E-state index contributed by atoms with van der Waals surface area (Å²) in [4.78, 5) is 9.24. The fourth-order valence-electron chi connectivity index (χ4n) is 4.51. The van der Waals surface area contributed by atoms with Crippen LogP contribution in [0.15, 0.2) is 55.1 Å². The number of nitrogens with zero attached hydrogens (tertiary/aromatic N) is 4. The molecule has 3 heterocycles. The second-order valence-corrected chi connectivity index (χ2v) is 9.42. The molecule has 6 nitrogen and oxygen atoms in total. The van der Waals surface area contributed by atoms with Crippen molar-refractivity contribution < 1.29 is 9.84 Å². The Labute approximate surface area is 201 Å². The molecular weight excluding hydrogens is 456 g/mol. The second kappa shape index (κ2) is 8.91. The number of aliphatic hydroxyl groups excluding tert-OH is 1. The maximum Gasteiger partial charge on any atom is 0.175 e. The van der Waals surface area contributed by atoms with Crippen LogP contribution in [-0.4, -0.2) is 58.4 Å². The smallest absolute Gasteiger partial charge is 0.175 e. The Balaban J connectivity index is 1.55. The van der Waals surface area contributed by atoms with E-state index < -0.39 is 6.23 Å². The largest absolute Gasteiger partial charge is 0.497 e. The van der Waals surface area contributed by atoms with Gasteiger partial charge in [0.05, 0.1) is 23.2 Å². The van der Waals surface area contributed by atoms with Gasteiger partial charge in [-0.25, -0.2) is 4.98 Å². The summed E-state index contributed by atoms with van der Waals surface area (Å²) < 4.78 is 10.2. The molecule has 4 aromatic rings. The molecule has 2 aromatic carbocycles. The van der Waals surface area contributed by atoms with Crippen molar-refractivity contribution in [3.63, 3.8) is 0 Å². The van der Waals surface area contributed by atoms with Crippen LogP contribution in [0.1, 0.15) is 6.92 Å². The first-order valence-electron chi connectivity index (χ1n) is 10.8. The predicted molar refractivity (Wildman–Crippen MR) is 137 cm³/mol. The van der Waals surface area contributed by atoms with Crippen LogP contribution in [0.25, 0.3) is 33.1 Å². The molecule has 2 aromatic heterocycles. The minimum Gasteiger partial charge on any atom is -0.497 e. The summed E-state index contributed by atoms with van der Waals surface area (Å²) in [5.41, 5.74) is 2.30. The molecule has 0 saturated carbocycles. The van der Waals surface area contributed by atoms with Crippen LogP contribution in [0.3, 0.4) is 0 Å². The number of aliphatic hydroxyl groups is 1. The monoisotopic (exact) mass is 480 g/mol. The fourth-order valence-corrected chi connectivity index (χ4v) is 5.70. The fraction of sp³-hybridized carbons (Fsp3) is 0.280. The number of ether oxygens (including phenoxy) is 1. The van der Waals surface area contributed by atoms with Crippen LogP contribution in [0.5, 0.6) is 5.75 Å². The van der Waals surface area contributed by atoms with Gasteiger partial charge in [-0.3, -0.25) is 4.90 Å². The number of benzene rings is 2. The van der Waals surface area contributed by atoms with Gasteiger partial charge in [0, 0.05) is 31.2 Å². The maximum absolute atomic E-state index is 10.1. The normalized spacial score (nSPS) is 18.1. The molecule has 1 unspecified atom stereocenters. The van der Waals surface area contributed by atoms with Crippen LogP contribution in [0.2, 0.25) is 5.02 Å². The van der Waals surface area contributed by atoms with E-state index in [2.05, 4.69) is 34.9 Å². The van der Waals surface area contributed by atoms with Crippen molar-refractivity contribution in [2.75, 3.05) is 31.6 Å². The van der Waals surface area contributed by atoms with Crippen molar-refractivity contribution in [2.24, 2.45) is 0 Å². The molecule has 0 aliphatic carbocycles. The summed E-state index contributed by atoms with van der Waals surface area (Å²) >= 11 is 8.27. The SMILES string of the molecule is C=CC(O)N1CCN(c2snc3nc(-c4cc(OC)cc5ccccc45)c(Cl)cc23)[C@H](C)C1. The van der Waals surface area contributed by atoms with Gasteiger partial charge in [0.2, 0.25) is 0 Å². The van der Waals surface area contributed by atoms with Crippen molar-refractivity contribution in [1.29, 1.82) is 0 Å². The van der Waals surface area contributed by atoms with E-state index in [0.717, 1.165) is 52.1 Å². The summed E-state index contributed by atoms with van der Waals surface area (Å²) in [5, 5.41) is 14.8. The van der Waals surface area contributed by atoms with Crippen LogP contribution in [0, 0.1) is 0 Å². The highest BCUT2D eigenvalue weighted by Crippen LogP contribution is 2.40. The molecule has 0 radical (unpaired) electrons. The molecule has 1 aliphatic heterocycles. The molecule has 0 amide bonds. The van der Waals surface area contributed by atoms with E-state index in [1.165, 1.54) is 11.5 Å². The lowest BCUT2D eigenvalue weighted by atomic mass is 10.0. The molecule has 1 aliphatic rings. The Morgan fingerprint density at radius 3 is 2.82 bits per heavy atom. The Kier molecular flexibility index (Phi) is 5.97. The first-order valence-corrected chi connectivity index (χ1v) is 12.0. The summed E-state index contributed by atoms with van der Waals surface area (Å²) in [6.07, 6.45) is 0.946. The first kappa shape index (κ1) is 22.1. The number of hydrogen-bond acceptors (Lipinski definition) is 7. The highest BCUT2D eigenvalue weighted by atomic mass is 35.5. The molecular formula is C25H25ClN4O2S. The van der Waals surface area contributed by atoms with Gasteiger partial charge in [-0.2, -0.15) is 4.37 Å². The molecule has 0 spiro atoms. The van der Waals surface area contributed by atoms with Gasteiger partial charge in [-0.05, 0) is 53.5 Å². The number of rotatable bonds is 5. The van der Waals surface area contributed by atoms with E-state index in [1.807, 2.05) is 35.2 Å². The number of halogens is 1. The number of aromatic nitrogens is 2. The number of hydrogen-bond donors (Lipinski definition) is 1. The number of anilines is 1. The molecule has 1 saturated heterocycles. The van der Waals surface area contributed by atoms with Gasteiger partial charge in [-0.15, -0.1) is 0 Å². The van der Waals surface area contributed by atoms with E-state index >= 15 is 0 Å². The molecule has 2 atom stereocenters. The lowest BCUT2D eigenvalue weighted by Crippen LogP contribution is -2.54. The third-order valence-corrected chi connectivity index (χ3v) is 7.42. The zero-order chi connectivity index (χ0) is 23.1. The van der Waals surface area contributed by atoms with Gasteiger partial charge < -0.3 is 14.7 Å². The molecule has 170 valence electrons. The minimum atomic E-state index is -0.621. The Morgan fingerprint density at radius 1 is 1.24 bits per heavy atom. The number of methoxy groups -OCH3 is 1. The number of piperazine rings is 1. The molecule has 0 bridgehead atoms. The summed E-state index contributed by atoms with van der Waals surface area (Å²) in [5.74, 6) is 0.758. The van der Waals surface area contributed by atoms with Crippen molar-refractivity contribution in [3.05, 3.63) is 60.1 Å². The molecule has 1 N–H and O–H groups in total.